The Labute approximate surface area is 118 Å². The second-order valence-electron chi connectivity index (χ2n) is 6.16. The average Bonchev–Trinajstić information content (AvgIpc) is 2.84. The summed E-state index contributed by atoms with van der Waals surface area (Å²) in [4.78, 5) is 25.2. The van der Waals surface area contributed by atoms with Gasteiger partial charge >= 0.3 is 6.03 Å². The summed E-state index contributed by atoms with van der Waals surface area (Å²) in [7, 11) is 0. The van der Waals surface area contributed by atoms with E-state index in [0.29, 0.717) is 13.1 Å². The quantitative estimate of drug-likeness (QED) is 0.887. The fourth-order valence-corrected chi connectivity index (χ4v) is 2.59. The molecule has 3 amide bonds. The van der Waals surface area contributed by atoms with Crippen LogP contribution in [0.15, 0.2) is 24.3 Å². The first-order chi connectivity index (χ1) is 9.47. The SMILES string of the molecule is CC1(C)CC1C(=O)Nc1ccc(N2CCNC2=O)cc1. The van der Waals surface area contributed by atoms with Crippen LogP contribution in [0, 0.1) is 11.3 Å². The zero-order valence-corrected chi connectivity index (χ0v) is 11.8. The molecule has 106 valence electrons. The Balaban J connectivity index is 1.64. The van der Waals surface area contributed by atoms with E-state index in [2.05, 4.69) is 24.5 Å². The molecule has 0 bridgehead atoms. The van der Waals surface area contributed by atoms with Crippen LogP contribution in [-0.2, 0) is 4.79 Å². The van der Waals surface area contributed by atoms with Crippen LogP contribution in [-0.4, -0.2) is 25.0 Å². The molecule has 2 fully saturated rings. The maximum absolute atomic E-state index is 12.0. The molecule has 20 heavy (non-hydrogen) atoms. The first-order valence-corrected chi connectivity index (χ1v) is 6.94. The molecule has 5 heteroatoms. The highest BCUT2D eigenvalue weighted by Gasteiger charge is 2.50. The fourth-order valence-electron chi connectivity index (χ4n) is 2.59. The third kappa shape index (κ3) is 2.35. The van der Waals surface area contributed by atoms with Gasteiger partial charge in [-0.2, -0.15) is 0 Å². The number of nitrogens with zero attached hydrogens (tertiary/aromatic N) is 1. The number of hydrogen-bond acceptors (Lipinski definition) is 2. The molecular weight excluding hydrogens is 254 g/mol. The molecule has 0 spiro atoms. The van der Waals surface area contributed by atoms with Crippen molar-refractivity contribution in [3.05, 3.63) is 24.3 Å². The van der Waals surface area contributed by atoms with Crippen molar-refractivity contribution in [2.75, 3.05) is 23.3 Å². The standard InChI is InChI=1S/C15H19N3O2/c1-15(2)9-12(15)13(19)17-10-3-5-11(6-4-10)18-8-7-16-14(18)20/h3-6,12H,7-9H2,1-2H3,(H,16,20)(H,17,19). The number of amides is 3. The van der Waals surface area contributed by atoms with E-state index in [1.54, 1.807) is 4.90 Å². The Morgan fingerprint density at radius 1 is 1.35 bits per heavy atom. The van der Waals surface area contributed by atoms with Gasteiger partial charge in [-0.15, -0.1) is 0 Å². The molecule has 2 aliphatic rings. The highest BCUT2D eigenvalue weighted by Crippen LogP contribution is 2.51. The number of benzene rings is 1. The number of hydrogen-bond donors (Lipinski definition) is 2. The molecule has 1 aromatic rings. The van der Waals surface area contributed by atoms with E-state index in [0.717, 1.165) is 17.8 Å². The van der Waals surface area contributed by atoms with Crippen LogP contribution < -0.4 is 15.5 Å². The molecule has 1 aliphatic carbocycles. The summed E-state index contributed by atoms with van der Waals surface area (Å²) in [6, 6.07) is 7.33. The van der Waals surface area contributed by atoms with Gasteiger partial charge in [-0.3, -0.25) is 9.69 Å². The molecule has 1 heterocycles. The van der Waals surface area contributed by atoms with Crippen LogP contribution in [0.2, 0.25) is 0 Å². The zero-order valence-electron chi connectivity index (χ0n) is 11.8. The Morgan fingerprint density at radius 2 is 2.00 bits per heavy atom. The minimum atomic E-state index is -0.0680. The summed E-state index contributed by atoms with van der Waals surface area (Å²) in [5, 5.41) is 5.69. The third-order valence-electron chi connectivity index (χ3n) is 4.13. The van der Waals surface area contributed by atoms with Crippen molar-refractivity contribution >= 4 is 23.3 Å². The highest BCUT2D eigenvalue weighted by atomic mass is 16.2. The first kappa shape index (κ1) is 13.0. The molecule has 0 aromatic heterocycles. The second-order valence-corrected chi connectivity index (χ2v) is 6.16. The molecule has 1 aromatic carbocycles. The summed E-state index contributed by atoms with van der Waals surface area (Å²) in [6.45, 7) is 5.56. The van der Waals surface area contributed by atoms with Crippen molar-refractivity contribution in [3.8, 4) is 0 Å². The maximum Gasteiger partial charge on any atom is 0.321 e. The summed E-state index contributed by atoms with van der Waals surface area (Å²) in [6.07, 6.45) is 0.949. The number of rotatable bonds is 3. The Kier molecular flexibility index (Phi) is 2.92. The lowest BCUT2D eigenvalue weighted by atomic mass is 10.1. The number of anilines is 2. The van der Waals surface area contributed by atoms with Gasteiger partial charge in [0.2, 0.25) is 5.91 Å². The van der Waals surface area contributed by atoms with Crippen LogP contribution in [0.25, 0.3) is 0 Å². The van der Waals surface area contributed by atoms with Gasteiger partial charge in [-0.1, -0.05) is 13.8 Å². The Morgan fingerprint density at radius 3 is 2.50 bits per heavy atom. The molecule has 5 nitrogen and oxygen atoms in total. The fraction of sp³-hybridized carbons (Fsp3) is 0.467. The summed E-state index contributed by atoms with van der Waals surface area (Å²) in [5.74, 6) is 0.202. The molecule has 1 unspecified atom stereocenters. The number of carbonyl (C=O) groups excluding carboxylic acids is 2. The molecule has 2 N–H and O–H groups in total. The van der Waals surface area contributed by atoms with Gasteiger partial charge in [0.15, 0.2) is 0 Å². The van der Waals surface area contributed by atoms with Gasteiger partial charge < -0.3 is 10.6 Å². The lowest BCUT2D eigenvalue weighted by Crippen LogP contribution is -2.27. The third-order valence-corrected chi connectivity index (χ3v) is 4.13. The predicted octanol–water partition coefficient (Wildman–Crippen LogP) is 2.20. The van der Waals surface area contributed by atoms with E-state index in [1.807, 2.05) is 24.3 Å². The molecular formula is C15H19N3O2. The van der Waals surface area contributed by atoms with E-state index in [9.17, 15) is 9.59 Å². The summed E-state index contributed by atoms with van der Waals surface area (Å²) >= 11 is 0. The molecule has 1 atom stereocenters. The van der Waals surface area contributed by atoms with Crippen LogP contribution in [0.3, 0.4) is 0 Å². The second kappa shape index (κ2) is 4.51. The van der Waals surface area contributed by atoms with Crippen LogP contribution in [0.4, 0.5) is 16.2 Å². The topological polar surface area (TPSA) is 61.4 Å². The van der Waals surface area contributed by atoms with Gasteiger partial charge in [-0.25, -0.2) is 4.79 Å². The molecule has 1 saturated heterocycles. The predicted molar refractivity (Wildman–Crippen MR) is 77.7 cm³/mol. The molecule has 0 radical (unpaired) electrons. The van der Waals surface area contributed by atoms with E-state index >= 15 is 0 Å². The van der Waals surface area contributed by atoms with Crippen molar-refractivity contribution in [2.45, 2.75) is 20.3 Å². The van der Waals surface area contributed by atoms with Crippen molar-refractivity contribution in [1.82, 2.24) is 5.32 Å². The highest BCUT2D eigenvalue weighted by molar-refractivity contribution is 5.96. The van der Waals surface area contributed by atoms with Crippen LogP contribution in [0.1, 0.15) is 20.3 Å². The molecule has 1 aliphatic heterocycles. The minimum absolute atomic E-state index is 0.0680. The number of carbonyl (C=O) groups is 2. The van der Waals surface area contributed by atoms with Crippen molar-refractivity contribution in [3.63, 3.8) is 0 Å². The van der Waals surface area contributed by atoms with Crippen molar-refractivity contribution < 1.29 is 9.59 Å². The Hall–Kier alpha value is -2.04. The van der Waals surface area contributed by atoms with Gasteiger partial charge in [-0.05, 0) is 36.1 Å². The molecule has 1 saturated carbocycles. The minimum Gasteiger partial charge on any atom is -0.336 e. The van der Waals surface area contributed by atoms with E-state index in [-0.39, 0.29) is 23.3 Å². The summed E-state index contributed by atoms with van der Waals surface area (Å²) in [5.41, 5.74) is 1.77. The van der Waals surface area contributed by atoms with Crippen molar-refractivity contribution in [2.24, 2.45) is 11.3 Å². The van der Waals surface area contributed by atoms with Crippen molar-refractivity contribution in [1.29, 1.82) is 0 Å². The van der Waals surface area contributed by atoms with E-state index in [1.165, 1.54) is 0 Å². The lowest BCUT2D eigenvalue weighted by Gasteiger charge is -2.14. The van der Waals surface area contributed by atoms with Gasteiger partial charge in [0.05, 0.1) is 0 Å². The largest absolute Gasteiger partial charge is 0.336 e. The monoisotopic (exact) mass is 273 g/mol. The van der Waals surface area contributed by atoms with Crippen LogP contribution in [0.5, 0.6) is 0 Å². The molecule has 3 rings (SSSR count). The zero-order chi connectivity index (χ0) is 14.3. The lowest BCUT2D eigenvalue weighted by molar-refractivity contribution is -0.118. The van der Waals surface area contributed by atoms with Crippen LogP contribution >= 0.6 is 0 Å². The van der Waals surface area contributed by atoms with E-state index in [4.69, 9.17) is 0 Å². The van der Waals surface area contributed by atoms with Gasteiger partial charge in [0.1, 0.15) is 0 Å². The normalized spacial score (nSPS) is 23.4. The summed E-state index contributed by atoms with van der Waals surface area (Å²) < 4.78 is 0. The van der Waals surface area contributed by atoms with Gasteiger partial charge in [0.25, 0.3) is 0 Å². The number of urea groups is 1. The smallest absolute Gasteiger partial charge is 0.321 e. The van der Waals surface area contributed by atoms with E-state index < -0.39 is 0 Å². The average molecular weight is 273 g/mol. The van der Waals surface area contributed by atoms with Gasteiger partial charge in [0, 0.05) is 30.4 Å². The maximum atomic E-state index is 12.0. The number of nitrogens with one attached hydrogen (secondary N) is 2. The Bertz CT molecular complexity index is 551. The first-order valence-electron chi connectivity index (χ1n) is 6.94.